The highest BCUT2D eigenvalue weighted by Gasteiger charge is 2.32. The van der Waals surface area contributed by atoms with Gasteiger partial charge in [0.05, 0.1) is 9.79 Å². The molecular formula is C22H28FN3O5S2. The summed E-state index contributed by atoms with van der Waals surface area (Å²) in [4.78, 5) is 12.8. The summed E-state index contributed by atoms with van der Waals surface area (Å²) in [6, 6.07) is 10.7. The van der Waals surface area contributed by atoms with E-state index in [9.17, 15) is 26.0 Å². The SMILES string of the molecule is CCN(CC)S(=O)(=O)c1ccc(NC(=O)C2CCN(S(=O)(=O)c3ccc(F)cc3)CC2)cc1. The quantitative estimate of drug-likeness (QED) is 0.604. The van der Waals surface area contributed by atoms with E-state index in [1.165, 1.54) is 32.9 Å². The Hall–Kier alpha value is -2.34. The second kappa shape index (κ2) is 10.3. The molecule has 3 rings (SSSR count). The van der Waals surface area contributed by atoms with Gasteiger partial charge in [-0.2, -0.15) is 8.61 Å². The number of hydrogen-bond acceptors (Lipinski definition) is 5. The molecule has 0 saturated carbocycles. The van der Waals surface area contributed by atoms with E-state index in [1.54, 1.807) is 26.0 Å². The van der Waals surface area contributed by atoms with Crippen LogP contribution in [0.5, 0.6) is 0 Å². The molecule has 0 atom stereocenters. The molecule has 1 aliphatic rings. The number of sulfonamides is 2. The van der Waals surface area contributed by atoms with Crippen molar-refractivity contribution in [1.29, 1.82) is 0 Å². The zero-order valence-electron chi connectivity index (χ0n) is 18.6. The molecule has 2 aromatic carbocycles. The highest BCUT2D eigenvalue weighted by atomic mass is 32.2. The predicted octanol–water partition coefficient (Wildman–Crippen LogP) is 2.90. The number of nitrogens with one attached hydrogen (secondary N) is 1. The third-order valence-electron chi connectivity index (χ3n) is 5.74. The van der Waals surface area contributed by atoms with Crippen molar-refractivity contribution in [2.24, 2.45) is 5.92 Å². The third kappa shape index (κ3) is 5.60. The Balaban J connectivity index is 1.60. The van der Waals surface area contributed by atoms with E-state index in [2.05, 4.69) is 5.32 Å². The van der Waals surface area contributed by atoms with E-state index < -0.39 is 25.9 Å². The van der Waals surface area contributed by atoms with Crippen LogP contribution in [0.2, 0.25) is 0 Å². The van der Waals surface area contributed by atoms with Crippen molar-refractivity contribution in [3.05, 3.63) is 54.3 Å². The molecule has 1 fully saturated rings. The van der Waals surface area contributed by atoms with Crippen molar-refractivity contribution in [1.82, 2.24) is 8.61 Å². The highest BCUT2D eigenvalue weighted by molar-refractivity contribution is 7.89. The van der Waals surface area contributed by atoms with E-state index in [1.807, 2.05) is 0 Å². The highest BCUT2D eigenvalue weighted by Crippen LogP contribution is 2.25. The Morgan fingerprint density at radius 2 is 1.45 bits per heavy atom. The van der Waals surface area contributed by atoms with Gasteiger partial charge in [-0.25, -0.2) is 21.2 Å². The number of benzene rings is 2. The molecule has 1 heterocycles. The monoisotopic (exact) mass is 497 g/mol. The summed E-state index contributed by atoms with van der Waals surface area (Å²) in [5, 5.41) is 2.78. The van der Waals surface area contributed by atoms with Gasteiger partial charge in [0.25, 0.3) is 0 Å². The van der Waals surface area contributed by atoms with Crippen LogP contribution in [0.1, 0.15) is 26.7 Å². The summed E-state index contributed by atoms with van der Waals surface area (Å²) < 4.78 is 66.3. The van der Waals surface area contributed by atoms with Gasteiger partial charge >= 0.3 is 0 Å². The van der Waals surface area contributed by atoms with Crippen molar-refractivity contribution in [3.63, 3.8) is 0 Å². The maximum Gasteiger partial charge on any atom is 0.243 e. The summed E-state index contributed by atoms with van der Waals surface area (Å²) in [5.41, 5.74) is 0.472. The topological polar surface area (TPSA) is 104 Å². The van der Waals surface area contributed by atoms with Gasteiger partial charge < -0.3 is 5.32 Å². The molecule has 0 aromatic heterocycles. The predicted molar refractivity (Wildman–Crippen MR) is 123 cm³/mol. The molecule has 1 amide bonds. The lowest BCUT2D eigenvalue weighted by Crippen LogP contribution is -2.41. The number of amides is 1. The van der Waals surface area contributed by atoms with Gasteiger partial charge in [-0.1, -0.05) is 13.8 Å². The lowest BCUT2D eigenvalue weighted by atomic mass is 9.97. The van der Waals surface area contributed by atoms with Gasteiger partial charge in [-0.05, 0) is 61.4 Å². The van der Waals surface area contributed by atoms with Crippen LogP contribution in [-0.4, -0.2) is 57.5 Å². The molecule has 2 aromatic rings. The molecule has 11 heteroatoms. The molecular weight excluding hydrogens is 469 g/mol. The first-order valence-electron chi connectivity index (χ1n) is 10.8. The summed E-state index contributed by atoms with van der Waals surface area (Å²) >= 11 is 0. The standard InChI is InChI=1S/C22H28FN3O5S2/c1-3-25(4-2)32(28,29)21-11-7-19(8-12-21)24-22(27)17-13-15-26(16-14-17)33(30,31)20-9-5-18(23)6-10-20/h5-12,17H,3-4,13-16H2,1-2H3,(H,24,27). The first-order valence-corrected chi connectivity index (χ1v) is 13.6. The average Bonchev–Trinajstić information content (AvgIpc) is 2.80. The van der Waals surface area contributed by atoms with Crippen molar-refractivity contribution in [3.8, 4) is 0 Å². The van der Waals surface area contributed by atoms with Crippen molar-refractivity contribution in [2.45, 2.75) is 36.5 Å². The van der Waals surface area contributed by atoms with Crippen molar-refractivity contribution >= 4 is 31.6 Å². The Morgan fingerprint density at radius 1 is 0.939 bits per heavy atom. The van der Waals surface area contributed by atoms with Crippen LogP contribution in [0.4, 0.5) is 10.1 Å². The van der Waals surface area contributed by atoms with Crippen LogP contribution in [0.25, 0.3) is 0 Å². The summed E-state index contributed by atoms with van der Waals surface area (Å²) in [6.07, 6.45) is 0.696. The van der Waals surface area contributed by atoms with Gasteiger partial charge in [-0.3, -0.25) is 4.79 Å². The smallest absolute Gasteiger partial charge is 0.243 e. The second-order valence-corrected chi connectivity index (χ2v) is 11.6. The normalized spacial score (nSPS) is 16.1. The zero-order chi connectivity index (χ0) is 24.2. The molecule has 180 valence electrons. The van der Waals surface area contributed by atoms with Crippen LogP contribution in [0.3, 0.4) is 0 Å². The maximum atomic E-state index is 13.1. The molecule has 0 spiro atoms. The molecule has 1 N–H and O–H groups in total. The maximum absolute atomic E-state index is 13.1. The molecule has 0 unspecified atom stereocenters. The van der Waals surface area contributed by atoms with E-state index in [0.29, 0.717) is 31.6 Å². The van der Waals surface area contributed by atoms with Crippen molar-refractivity contribution < 1.29 is 26.0 Å². The number of hydrogen-bond donors (Lipinski definition) is 1. The van der Waals surface area contributed by atoms with Crippen LogP contribution < -0.4 is 5.32 Å². The van der Waals surface area contributed by atoms with Crippen molar-refractivity contribution in [2.75, 3.05) is 31.5 Å². The molecule has 1 aliphatic heterocycles. The fraction of sp³-hybridized carbons (Fsp3) is 0.409. The lowest BCUT2D eigenvalue weighted by molar-refractivity contribution is -0.120. The van der Waals surface area contributed by atoms with Gasteiger partial charge in [0, 0.05) is 37.8 Å². The number of nitrogens with zero attached hydrogens (tertiary/aromatic N) is 2. The Bertz CT molecular complexity index is 1170. The molecule has 0 aliphatic carbocycles. The number of piperidine rings is 1. The third-order valence-corrected chi connectivity index (χ3v) is 9.72. The Morgan fingerprint density at radius 3 is 1.97 bits per heavy atom. The van der Waals surface area contributed by atoms with Gasteiger partial charge in [0.2, 0.25) is 26.0 Å². The van der Waals surface area contributed by atoms with E-state index in [-0.39, 0.29) is 34.7 Å². The minimum atomic E-state index is -3.74. The molecule has 33 heavy (non-hydrogen) atoms. The molecule has 0 radical (unpaired) electrons. The number of carbonyl (C=O) groups excluding carboxylic acids is 1. The molecule has 1 saturated heterocycles. The average molecular weight is 498 g/mol. The van der Waals surface area contributed by atoms with Crippen LogP contribution in [0.15, 0.2) is 58.3 Å². The Kier molecular flexibility index (Phi) is 7.88. The first-order chi connectivity index (χ1) is 15.6. The minimum Gasteiger partial charge on any atom is -0.326 e. The van der Waals surface area contributed by atoms with Gasteiger partial charge in [-0.15, -0.1) is 0 Å². The Labute approximate surface area is 194 Å². The van der Waals surface area contributed by atoms with Crippen LogP contribution >= 0.6 is 0 Å². The van der Waals surface area contributed by atoms with Crippen LogP contribution in [0, 0.1) is 11.7 Å². The zero-order valence-corrected chi connectivity index (χ0v) is 20.2. The molecule has 8 nitrogen and oxygen atoms in total. The summed E-state index contributed by atoms with van der Waals surface area (Å²) in [6.45, 7) is 4.63. The number of carbonyl (C=O) groups is 1. The summed E-state index contributed by atoms with van der Waals surface area (Å²) in [5.74, 6) is -1.13. The second-order valence-electron chi connectivity index (χ2n) is 7.74. The minimum absolute atomic E-state index is 0.0200. The number of anilines is 1. The lowest BCUT2D eigenvalue weighted by Gasteiger charge is -2.30. The van der Waals surface area contributed by atoms with Gasteiger partial charge in [0.15, 0.2) is 0 Å². The van der Waals surface area contributed by atoms with E-state index in [4.69, 9.17) is 0 Å². The summed E-state index contributed by atoms with van der Waals surface area (Å²) in [7, 11) is -7.32. The largest absolute Gasteiger partial charge is 0.326 e. The van der Waals surface area contributed by atoms with E-state index in [0.717, 1.165) is 12.1 Å². The van der Waals surface area contributed by atoms with Crippen LogP contribution in [-0.2, 0) is 24.8 Å². The number of halogens is 1. The van der Waals surface area contributed by atoms with Gasteiger partial charge in [0.1, 0.15) is 5.82 Å². The first kappa shape index (κ1) is 25.3. The van der Waals surface area contributed by atoms with E-state index >= 15 is 0 Å². The molecule has 0 bridgehead atoms. The number of rotatable bonds is 8. The fourth-order valence-electron chi connectivity index (χ4n) is 3.78. The fourth-order valence-corrected chi connectivity index (χ4v) is 6.71.